The molecular weight excluding hydrogens is 378 g/mol. The van der Waals surface area contributed by atoms with Gasteiger partial charge in [0, 0.05) is 36.0 Å². The maximum atomic E-state index is 13.3. The first-order valence-electron chi connectivity index (χ1n) is 9.23. The van der Waals surface area contributed by atoms with Crippen LogP contribution in [0, 0.1) is 13.8 Å². The molecular formula is C20H20F2N6O. The molecule has 3 aromatic rings. The zero-order valence-corrected chi connectivity index (χ0v) is 16.3. The number of halogens is 2. The third-order valence-electron chi connectivity index (χ3n) is 5.08. The van der Waals surface area contributed by atoms with Crippen molar-refractivity contribution in [2.75, 3.05) is 13.1 Å². The first kappa shape index (κ1) is 19.1. The smallest absolute Gasteiger partial charge is 0.280 e. The number of hydrogen-bond acceptors (Lipinski definition) is 5. The van der Waals surface area contributed by atoms with Crippen LogP contribution in [0.1, 0.15) is 52.4 Å². The molecule has 29 heavy (non-hydrogen) atoms. The molecule has 0 radical (unpaired) electrons. The Bertz CT molecular complexity index is 1100. The molecule has 0 N–H and O–H groups in total. The highest BCUT2D eigenvalue weighted by atomic mass is 19.3. The number of aromatic nitrogens is 5. The van der Waals surface area contributed by atoms with Gasteiger partial charge in [0.25, 0.3) is 18.1 Å². The molecule has 0 bridgehead atoms. The molecule has 0 aliphatic carbocycles. The molecule has 4 rings (SSSR count). The Balaban J connectivity index is 1.71. The van der Waals surface area contributed by atoms with E-state index in [-0.39, 0.29) is 23.3 Å². The number of alkyl halides is 2. The number of fused-ring (bicyclic) bond motifs is 1. The second-order valence-corrected chi connectivity index (χ2v) is 7.23. The Morgan fingerprint density at radius 1 is 1.14 bits per heavy atom. The molecule has 1 aliphatic rings. The standard InChI is InChI=1S/C20H20F2N6O/c1-11-4-5-27(19(29)14-6-12(2)25-13(3)7-14)9-15(11)17-8-16(18(21)22)26-20-23-10-24-28(17)20/h4,6-8,10,15,18H,5,9H2,1-3H3/t15-/m1/s1. The minimum Gasteiger partial charge on any atom is -0.334 e. The average molecular weight is 398 g/mol. The van der Waals surface area contributed by atoms with Crippen LogP contribution >= 0.6 is 0 Å². The zero-order valence-electron chi connectivity index (χ0n) is 16.3. The maximum Gasteiger partial charge on any atom is 0.280 e. The summed E-state index contributed by atoms with van der Waals surface area (Å²) in [6.45, 7) is 6.42. The Kier molecular flexibility index (Phi) is 4.81. The van der Waals surface area contributed by atoms with Crippen LogP contribution in [0.3, 0.4) is 0 Å². The van der Waals surface area contributed by atoms with Crippen molar-refractivity contribution in [1.29, 1.82) is 0 Å². The molecule has 0 aromatic carbocycles. The summed E-state index contributed by atoms with van der Waals surface area (Å²) in [6, 6.07) is 4.86. The third kappa shape index (κ3) is 3.59. The number of amides is 1. The fourth-order valence-corrected chi connectivity index (χ4v) is 3.68. The number of hydrogen-bond donors (Lipinski definition) is 0. The Morgan fingerprint density at radius 3 is 2.55 bits per heavy atom. The van der Waals surface area contributed by atoms with E-state index in [1.807, 2.05) is 26.8 Å². The van der Waals surface area contributed by atoms with Gasteiger partial charge in [-0.1, -0.05) is 11.6 Å². The van der Waals surface area contributed by atoms with E-state index in [0.29, 0.717) is 24.3 Å². The van der Waals surface area contributed by atoms with Crippen LogP contribution < -0.4 is 0 Å². The fraction of sp³-hybridized carbons (Fsp3) is 0.350. The summed E-state index contributed by atoms with van der Waals surface area (Å²) in [7, 11) is 0. The summed E-state index contributed by atoms with van der Waals surface area (Å²) in [5, 5.41) is 4.14. The third-order valence-corrected chi connectivity index (χ3v) is 5.08. The number of nitrogens with zero attached hydrogens (tertiary/aromatic N) is 6. The molecule has 1 atom stereocenters. The second kappa shape index (κ2) is 7.31. The van der Waals surface area contributed by atoms with E-state index in [1.165, 1.54) is 16.9 Å². The van der Waals surface area contributed by atoms with Gasteiger partial charge in [-0.15, -0.1) is 0 Å². The lowest BCUT2D eigenvalue weighted by molar-refractivity contribution is 0.0759. The van der Waals surface area contributed by atoms with Crippen LogP contribution in [0.15, 0.2) is 36.2 Å². The maximum absolute atomic E-state index is 13.3. The SMILES string of the molecule is CC1=CCN(C(=O)c2cc(C)nc(C)c2)C[C@H]1c1cc(C(F)F)nc2ncnn12. The molecule has 0 saturated heterocycles. The summed E-state index contributed by atoms with van der Waals surface area (Å²) >= 11 is 0. The molecule has 0 fully saturated rings. The summed E-state index contributed by atoms with van der Waals surface area (Å²) in [5.74, 6) is -0.291. The Hall–Kier alpha value is -3.23. The summed E-state index contributed by atoms with van der Waals surface area (Å²) in [5.41, 5.74) is 3.28. The molecule has 150 valence electrons. The number of carbonyl (C=O) groups is 1. The van der Waals surface area contributed by atoms with Gasteiger partial charge in [0.15, 0.2) is 0 Å². The second-order valence-electron chi connectivity index (χ2n) is 7.23. The Morgan fingerprint density at radius 2 is 1.86 bits per heavy atom. The first-order valence-corrected chi connectivity index (χ1v) is 9.23. The van der Waals surface area contributed by atoms with E-state index >= 15 is 0 Å². The summed E-state index contributed by atoms with van der Waals surface area (Å²) < 4.78 is 28.1. The van der Waals surface area contributed by atoms with Gasteiger partial charge in [-0.2, -0.15) is 10.1 Å². The van der Waals surface area contributed by atoms with Crippen LogP contribution in [-0.4, -0.2) is 48.5 Å². The first-order chi connectivity index (χ1) is 13.8. The van der Waals surface area contributed by atoms with Gasteiger partial charge in [-0.05, 0) is 39.0 Å². The fourth-order valence-electron chi connectivity index (χ4n) is 3.68. The molecule has 1 amide bonds. The number of aryl methyl sites for hydroxylation is 2. The van der Waals surface area contributed by atoms with Crippen LogP contribution in [-0.2, 0) is 0 Å². The van der Waals surface area contributed by atoms with E-state index in [0.717, 1.165) is 17.0 Å². The van der Waals surface area contributed by atoms with E-state index in [4.69, 9.17) is 0 Å². The van der Waals surface area contributed by atoms with E-state index in [2.05, 4.69) is 20.1 Å². The van der Waals surface area contributed by atoms with Crippen LogP contribution in [0.4, 0.5) is 8.78 Å². The van der Waals surface area contributed by atoms with Crippen LogP contribution in [0.5, 0.6) is 0 Å². The van der Waals surface area contributed by atoms with Crippen molar-refractivity contribution in [3.63, 3.8) is 0 Å². The highest BCUT2D eigenvalue weighted by molar-refractivity contribution is 5.94. The number of rotatable bonds is 3. The molecule has 7 nitrogen and oxygen atoms in total. The van der Waals surface area contributed by atoms with E-state index < -0.39 is 6.43 Å². The predicted octanol–water partition coefficient (Wildman–Crippen LogP) is 3.26. The zero-order chi connectivity index (χ0) is 20.7. The minimum absolute atomic E-state index is 0.120. The number of carbonyl (C=O) groups excluding carboxylic acids is 1. The van der Waals surface area contributed by atoms with Crippen molar-refractivity contribution in [1.82, 2.24) is 29.5 Å². The van der Waals surface area contributed by atoms with Crippen molar-refractivity contribution in [3.8, 4) is 0 Å². The van der Waals surface area contributed by atoms with Gasteiger partial charge in [0.2, 0.25) is 0 Å². The lowest BCUT2D eigenvalue weighted by Gasteiger charge is -2.32. The summed E-state index contributed by atoms with van der Waals surface area (Å²) in [4.78, 5) is 26.9. The van der Waals surface area contributed by atoms with Gasteiger partial charge >= 0.3 is 0 Å². The highest BCUT2D eigenvalue weighted by Gasteiger charge is 2.29. The predicted molar refractivity (Wildman–Crippen MR) is 102 cm³/mol. The molecule has 3 aromatic heterocycles. The molecule has 9 heteroatoms. The van der Waals surface area contributed by atoms with Crippen molar-refractivity contribution in [3.05, 3.63) is 64.5 Å². The summed E-state index contributed by atoms with van der Waals surface area (Å²) in [6.07, 6.45) is 0.510. The van der Waals surface area contributed by atoms with Crippen molar-refractivity contribution in [2.24, 2.45) is 0 Å². The normalized spacial score (nSPS) is 17.1. The molecule has 0 saturated carbocycles. The topological polar surface area (TPSA) is 76.3 Å². The monoisotopic (exact) mass is 398 g/mol. The number of pyridine rings is 1. The van der Waals surface area contributed by atoms with Gasteiger partial charge in [-0.25, -0.2) is 18.3 Å². The van der Waals surface area contributed by atoms with E-state index in [1.54, 1.807) is 17.0 Å². The van der Waals surface area contributed by atoms with E-state index in [9.17, 15) is 13.6 Å². The Labute approximate surface area is 166 Å². The van der Waals surface area contributed by atoms with Crippen molar-refractivity contribution in [2.45, 2.75) is 33.1 Å². The molecule has 0 unspecified atom stereocenters. The molecule has 1 aliphatic heterocycles. The van der Waals surface area contributed by atoms with Crippen molar-refractivity contribution >= 4 is 11.7 Å². The van der Waals surface area contributed by atoms with Crippen LogP contribution in [0.25, 0.3) is 5.78 Å². The molecule has 0 spiro atoms. The minimum atomic E-state index is -2.72. The van der Waals surface area contributed by atoms with Gasteiger partial charge in [0.05, 0.1) is 5.69 Å². The average Bonchev–Trinajstić information content (AvgIpc) is 3.15. The van der Waals surface area contributed by atoms with Gasteiger partial charge < -0.3 is 4.90 Å². The lowest BCUT2D eigenvalue weighted by Crippen LogP contribution is -2.39. The van der Waals surface area contributed by atoms with Crippen molar-refractivity contribution < 1.29 is 13.6 Å². The largest absolute Gasteiger partial charge is 0.334 e. The highest BCUT2D eigenvalue weighted by Crippen LogP contribution is 2.31. The molecule has 4 heterocycles. The quantitative estimate of drug-likeness (QED) is 0.633. The van der Waals surface area contributed by atoms with Gasteiger partial charge in [-0.3, -0.25) is 9.78 Å². The van der Waals surface area contributed by atoms with Crippen LogP contribution in [0.2, 0.25) is 0 Å². The van der Waals surface area contributed by atoms with Gasteiger partial charge in [0.1, 0.15) is 12.0 Å². The lowest BCUT2D eigenvalue weighted by atomic mass is 9.91.